The van der Waals surface area contributed by atoms with Crippen LogP contribution in [0.15, 0.2) is 60.9 Å². The van der Waals surface area contributed by atoms with Gasteiger partial charge in [0.25, 0.3) is 0 Å². The number of carbonyl (C=O) groups is 2. The average molecular weight is 377 g/mol. The molecule has 0 unspecified atom stereocenters. The number of fused-ring (bicyclic) bond motifs is 1. The number of aromatic amines is 1. The number of amides is 1. The summed E-state index contributed by atoms with van der Waals surface area (Å²) in [4.78, 5) is 31.5. The molecule has 4 aromatic rings. The zero-order valence-corrected chi connectivity index (χ0v) is 14.4. The number of hydrogen-bond acceptors (Lipinski definition) is 3. The van der Waals surface area contributed by atoms with Crippen LogP contribution in [0.25, 0.3) is 22.2 Å². The van der Waals surface area contributed by atoms with Gasteiger partial charge >= 0.3 is 0 Å². The fourth-order valence-electron chi connectivity index (χ4n) is 3.13. The highest BCUT2D eigenvalue weighted by Gasteiger charge is 2.21. The van der Waals surface area contributed by atoms with Gasteiger partial charge in [0.1, 0.15) is 17.3 Å². The number of nitrogens with two attached hydrogens (primary N) is 1. The number of nitrogens with zero attached hydrogens (tertiary/aromatic N) is 1. The van der Waals surface area contributed by atoms with Gasteiger partial charge in [-0.3, -0.25) is 9.59 Å². The summed E-state index contributed by atoms with van der Waals surface area (Å²) >= 11 is 0. The minimum absolute atomic E-state index is 0.145. The number of carbonyl (C=O) groups excluding carboxylic acids is 2. The lowest BCUT2D eigenvalue weighted by atomic mass is 9.96. The molecule has 0 bridgehead atoms. The maximum atomic E-state index is 14.1. The summed E-state index contributed by atoms with van der Waals surface area (Å²) in [6, 6.07) is 11.0. The molecule has 2 heterocycles. The Kier molecular flexibility index (Phi) is 4.19. The molecule has 0 aliphatic heterocycles. The zero-order chi connectivity index (χ0) is 19.8. The molecular formula is C21H13F2N3O2. The summed E-state index contributed by atoms with van der Waals surface area (Å²) in [5.74, 6) is -2.79. The normalized spacial score (nSPS) is 10.9. The third-order valence-electron chi connectivity index (χ3n) is 4.45. The van der Waals surface area contributed by atoms with Gasteiger partial charge in [-0.1, -0.05) is 12.1 Å². The highest BCUT2D eigenvalue weighted by atomic mass is 19.1. The number of aromatic nitrogens is 2. The van der Waals surface area contributed by atoms with E-state index in [1.807, 2.05) is 0 Å². The minimum atomic E-state index is -0.818. The number of hydrogen-bond donors (Lipinski definition) is 2. The second-order valence-electron chi connectivity index (χ2n) is 6.18. The Hall–Kier alpha value is -3.87. The van der Waals surface area contributed by atoms with E-state index in [9.17, 15) is 18.4 Å². The smallest absolute Gasteiger partial charge is 0.248 e. The fourth-order valence-corrected chi connectivity index (χ4v) is 3.13. The van der Waals surface area contributed by atoms with Crippen molar-refractivity contribution in [2.75, 3.05) is 0 Å². The number of halogens is 2. The molecule has 0 aliphatic carbocycles. The molecule has 0 radical (unpaired) electrons. The van der Waals surface area contributed by atoms with Gasteiger partial charge in [0, 0.05) is 23.3 Å². The highest BCUT2D eigenvalue weighted by molar-refractivity contribution is 6.18. The Balaban J connectivity index is 1.93. The number of H-pyrrole nitrogens is 1. The van der Waals surface area contributed by atoms with Crippen LogP contribution < -0.4 is 5.73 Å². The van der Waals surface area contributed by atoms with Gasteiger partial charge in [-0.2, -0.15) is 0 Å². The predicted octanol–water partition coefficient (Wildman–Crippen LogP) is 3.84. The number of nitrogens with one attached hydrogen (secondary N) is 1. The summed E-state index contributed by atoms with van der Waals surface area (Å²) in [6.07, 6.45) is 2.95. The monoisotopic (exact) mass is 377 g/mol. The van der Waals surface area contributed by atoms with Gasteiger partial charge in [-0.25, -0.2) is 13.8 Å². The first-order valence-electron chi connectivity index (χ1n) is 8.32. The summed E-state index contributed by atoms with van der Waals surface area (Å²) in [6.45, 7) is 0. The van der Waals surface area contributed by atoms with E-state index in [0.717, 1.165) is 18.2 Å². The van der Waals surface area contributed by atoms with E-state index in [0.29, 0.717) is 27.7 Å². The molecule has 0 fully saturated rings. The Bertz CT molecular complexity index is 1250. The third kappa shape index (κ3) is 2.92. The van der Waals surface area contributed by atoms with Crippen molar-refractivity contribution in [3.63, 3.8) is 0 Å². The van der Waals surface area contributed by atoms with Gasteiger partial charge in [0.2, 0.25) is 5.91 Å². The van der Waals surface area contributed by atoms with Gasteiger partial charge in [0.15, 0.2) is 5.78 Å². The third-order valence-corrected chi connectivity index (χ3v) is 4.45. The lowest BCUT2D eigenvalue weighted by Crippen LogP contribution is -2.10. The summed E-state index contributed by atoms with van der Waals surface area (Å²) in [5, 5.41) is 0.442. The van der Waals surface area contributed by atoms with Crippen molar-refractivity contribution in [3.8, 4) is 11.1 Å². The summed E-state index contributed by atoms with van der Waals surface area (Å²) in [7, 11) is 0. The number of primary amides is 1. The number of ketones is 1. The maximum absolute atomic E-state index is 14.1. The van der Waals surface area contributed by atoms with E-state index in [1.165, 1.54) is 6.20 Å². The lowest BCUT2D eigenvalue weighted by Gasteiger charge is -2.08. The van der Waals surface area contributed by atoms with Crippen LogP contribution >= 0.6 is 0 Å². The Morgan fingerprint density at radius 1 is 1.00 bits per heavy atom. The summed E-state index contributed by atoms with van der Waals surface area (Å²) < 4.78 is 27.7. The molecule has 1 amide bonds. The van der Waals surface area contributed by atoms with Crippen molar-refractivity contribution in [3.05, 3.63) is 89.2 Å². The SMILES string of the molecule is NC(=O)c1cccc(-c2ccnc3[nH]cc(C(=O)c4cc(F)ccc4F)c23)c1. The molecule has 28 heavy (non-hydrogen) atoms. The molecule has 0 saturated carbocycles. The maximum Gasteiger partial charge on any atom is 0.248 e. The molecule has 3 N–H and O–H groups in total. The van der Waals surface area contributed by atoms with E-state index >= 15 is 0 Å². The van der Waals surface area contributed by atoms with Crippen LogP contribution in [0.3, 0.4) is 0 Å². The molecule has 0 aliphatic rings. The molecule has 2 aromatic carbocycles. The van der Waals surface area contributed by atoms with Gasteiger partial charge in [-0.05, 0) is 47.5 Å². The topological polar surface area (TPSA) is 88.8 Å². The molecule has 138 valence electrons. The Labute approximate surface area is 157 Å². The molecule has 5 nitrogen and oxygen atoms in total. The first-order valence-corrected chi connectivity index (χ1v) is 8.32. The van der Waals surface area contributed by atoms with Crippen molar-refractivity contribution >= 4 is 22.7 Å². The molecular weight excluding hydrogens is 364 g/mol. The number of pyridine rings is 1. The molecule has 4 rings (SSSR count). The van der Waals surface area contributed by atoms with E-state index in [4.69, 9.17) is 5.73 Å². The molecule has 7 heteroatoms. The van der Waals surface area contributed by atoms with Crippen LogP contribution in [-0.4, -0.2) is 21.7 Å². The molecule has 0 saturated heterocycles. The van der Waals surface area contributed by atoms with Crippen LogP contribution in [0.5, 0.6) is 0 Å². The zero-order valence-electron chi connectivity index (χ0n) is 14.4. The largest absolute Gasteiger partial charge is 0.366 e. The van der Waals surface area contributed by atoms with Gasteiger partial charge in [0.05, 0.1) is 11.1 Å². The van der Waals surface area contributed by atoms with Crippen LogP contribution in [0.4, 0.5) is 8.78 Å². The molecule has 0 atom stereocenters. The van der Waals surface area contributed by atoms with E-state index in [-0.39, 0.29) is 11.1 Å². The summed E-state index contributed by atoms with van der Waals surface area (Å²) in [5.41, 5.74) is 7.08. The first kappa shape index (κ1) is 17.5. The minimum Gasteiger partial charge on any atom is -0.366 e. The first-order chi connectivity index (χ1) is 13.5. The van der Waals surface area contributed by atoms with E-state index < -0.39 is 23.3 Å². The fraction of sp³-hybridized carbons (Fsp3) is 0. The number of rotatable bonds is 4. The van der Waals surface area contributed by atoms with Crippen molar-refractivity contribution in [1.82, 2.24) is 9.97 Å². The predicted molar refractivity (Wildman–Crippen MR) is 99.8 cm³/mol. The van der Waals surface area contributed by atoms with Crippen molar-refractivity contribution in [1.29, 1.82) is 0 Å². The Morgan fingerprint density at radius 2 is 1.82 bits per heavy atom. The van der Waals surface area contributed by atoms with Crippen molar-refractivity contribution in [2.45, 2.75) is 0 Å². The second-order valence-corrected chi connectivity index (χ2v) is 6.18. The van der Waals surface area contributed by atoms with Crippen LogP contribution in [0, 0.1) is 11.6 Å². The quantitative estimate of drug-likeness (QED) is 0.530. The van der Waals surface area contributed by atoms with Crippen molar-refractivity contribution < 1.29 is 18.4 Å². The second kappa shape index (κ2) is 6.70. The van der Waals surface area contributed by atoms with Gasteiger partial charge in [-0.15, -0.1) is 0 Å². The molecule has 0 spiro atoms. The van der Waals surface area contributed by atoms with Gasteiger partial charge < -0.3 is 10.7 Å². The molecule has 2 aromatic heterocycles. The van der Waals surface area contributed by atoms with Crippen molar-refractivity contribution in [2.24, 2.45) is 5.73 Å². The Morgan fingerprint density at radius 3 is 2.61 bits per heavy atom. The van der Waals surface area contributed by atoms with Crippen LogP contribution in [-0.2, 0) is 0 Å². The lowest BCUT2D eigenvalue weighted by molar-refractivity contribution is 0.0998. The van der Waals surface area contributed by atoms with Crippen LogP contribution in [0.1, 0.15) is 26.3 Å². The highest BCUT2D eigenvalue weighted by Crippen LogP contribution is 2.32. The standard InChI is InChI=1S/C21H13F2N3O2/c22-13-4-5-17(23)15(9-13)19(27)16-10-26-21-18(16)14(6-7-25-21)11-2-1-3-12(8-11)20(24)28/h1-10H,(H2,24,28)(H,25,26). The average Bonchev–Trinajstić information content (AvgIpc) is 3.13. The van der Waals surface area contributed by atoms with E-state index in [2.05, 4.69) is 9.97 Å². The van der Waals surface area contributed by atoms with Crippen LogP contribution in [0.2, 0.25) is 0 Å². The number of benzene rings is 2. The van der Waals surface area contributed by atoms with E-state index in [1.54, 1.807) is 36.5 Å².